The number of aryl methyl sites for hydroxylation is 1. The van der Waals surface area contributed by atoms with Crippen molar-refractivity contribution in [3.63, 3.8) is 0 Å². The Labute approximate surface area is 209 Å². The van der Waals surface area contributed by atoms with Gasteiger partial charge in [0.05, 0.1) is 20.3 Å². The number of benzene rings is 1. The Balaban J connectivity index is 1.40. The summed E-state index contributed by atoms with van der Waals surface area (Å²) in [7, 11) is 2.66. The van der Waals surface area contributed by atoms with Crippen LogP contribution < -0.4 is 14.8 Å². The van der Waals surface area contributed by atoms with Crippen molar-refractivity contribution in [2.45, 2.75) is 32.5 Å². The molecule has 1 fully saturated rings. The number of methoxy groups -OCH3 is 2. The highest BCUT2D eigenvalue weighted by Gasteiger charge is 2.31. The lowest BCUT2D eigenvalue weighted by Crippen LogP contribution is -2.31. The molecule has 3 heterocycles. The van der Waals surface area contributed by atoms with Crippen molar-refractivity contribution in [3.8, 4) is 11.8 Å². The molecular weight excluding hydrogens is 464 g/mol. The number of amides is 1. The minimum atomic E-state index is -0.721. The van der Waals surface area contributed by atoms with Crippen LogP contribution in [0.5, 0.6) is 11.8 Å². The standard InChI is InChI=1S/C26H28N4O6/c1-16-25(33-2)29-22(26(32)34-3)23(28-16)30-24(31)18-11-12-35-20(13-18)19-9-10-21(27-14-19)36-15-17-7-5-4-6-8-17/h4-10,14,18,20H,11-13,15H2,1-3H3,(H,28,30,31). The van der Waals surface area contributed by atoms with Gasteiger partial charge in [-0.05, 0) is 37.0 Å². The third-order valence-electron chi connectivity index (χ3n) is 5.86. The quantitative estimate of drug-likeness (QED) is 0.469. The van der Waals surface area contributed by atoms with Crippen molar-refractivity contribution in [2.75, 3.05) is 26.1 Å². The van der Waals surface area contributed by atoms with Gasteiger partial charge in [-0.25, -0.2) is 19.7 Å². The molecule has 1 N–H and O–H groups in total. The summed E-state index contributed by atoms with van der Waals surface area (Å²) < 4.78 is 21.6. The second kappa shape index (κ2) is 11.6. The normalized spacial score (nSPS) is 17.2. The number of rotatable bonds is 8. The Kier molecular flexibility index (Phi) is 8.06. The maximum absolute atomic E-state index is 13.1. The molecule has 1 aliphatic rings. The minimum absolute atomic E-state index is 0.0368. The zero-order valence-corrected chi connectivity index (χ0v) is 20.4. The maximum Gasteiger partial charge on any atom is 0.360 e. The van der Waals surface area contributed by atoms with Gasteiger partial charge in [-0.15, -0.1) is 0 Å². The first-order chi connectivity index (χ1) is 17.5. The van der Waals surface area contributed by atoms with Gasteiger partial charge in [-0.2, -0.15) is 0 Å². The molecule has 0 bridgehead atoms. The van der Waals surface area contributed by atoms with Gasteiger partial charge in [0.1, 0.15) is 12.3 Å². The van der Waals surface area contributed by atoms with Crippen LogP contribution >= 0.6 is 0 Å². The third kappa shape index (κ3) is 5.95. The highest BCUT2D eigenvalue weighted by Crippen LogP contribution is 2.33. The summed E-state index contributed by atoms with van der Waals surface area (Å²) in [5.74, 6) is -0.619. The Bertz CT molecular complexity index is 1200. The SMILES string of the molecule is COC(=O)c1nc(OC)c(C)nc1NC(=O)C1CCOC(c2ccc(OCc3ccccc3)nc2)C1. The topological polar surface area (TPSA) is 122 Å². The fourth-order valence-electron chi connectivity index (χ4n) is 3.91. The number of nitrogens with one attached hydrogen (secondary N) is 1. The van der Waals surface area contributed by atoms with Crippen LogP contribution in [0.1, 0.15) is 46.3 Å². The molecule has 188 valence electrons. The summed E-state index contributed by atoms with van der Waals surface area (Å²) in [5.41, 5.74) is 2.23. The molecule has 10 nitrogen and oxygen atoms in total. The number of carbonyl (C=O) groups excluding carboxylic acids is 2. The first-order valence-electron chi connectivity index (χ1n) is 11.5. The van der Waals surface area contributed by atoms with E-state index >= 15 is 0 Å². The highest BCUT2D eigenvalue weighted by molar-refractivity contribution is 5.99. The summed E-state index contributed by atoms with van der Waals surface area (Å²) in [6, 6.07) is 13.5. The van der Waals surface area contributed by atoms with Crippen molar-refractivity contribution in [1.82, 2.24) is 15.0 Å². The van der Waals surface area contributed by atoms with Gasteiger partial charge in [-0.3, -0.25) is 4.79 Å². The third-order valence-corrected chi connectivity index (χ3v) is 5.86. The van der Waals surface area contributed by atoms with Crippen molar-refractivity contribution < 1.29 is 28.5 Å². The zero-order valence-electron chi connectivity index (χ0n) is 20.4. The second-order valence-electron chi connectivity index (χ2n) is 8.28. The lowest BCUT2D eigenvalue weighted by atomic mass is 9.91. The van der Waals surface area contributed by atoms with E-state index in [1.807, 2.05) is 36.4 Å². The Morgan fingerprint density at radius 1 is 1.11 bits per heavy atom. The van der Waals surface area contributed by atoms with Crippen LogP contribution in [-0.4, -0.2) is 47.7 Å². The molecule has 2 unspecified atom stereocenters. The molecule has 0 radical (unpaired) electrons. The number of hydrogen-bond acceptors (Lipinski definition) is 9. The van der Waals surface area contributed by atoms with Gasteiger partial charge in [0.2, 0.25) is 17.7 Å². The number of pyridine rings is 1. The molecule has 0 spiro atoms. The van der Waals surface area contributed by atoms with E-state index in [2.05, 4.69) is 20.3 Å². The Morgan fingerprint density at radius 2 is 1.92 bits per heavy atom. The van der Waals surface area contributed by atoms with Gasteiger partial charge in [-0.1, -0.05) is 30.3 Å². The van der Waals surface area contributed by atoms with Crippen LogP contribution in [0.3, 0.4) is 0 Å². The molecule has 1 saturated heterocycles. The summed E-state index contributed by atoms with van der Waals surface area (Å²) in [5, 5.41) is 2.74. The van der Waals surface area contributed by atoms with Gasteiger partial charge in [0.15, 0.2) is 11.5 Å². The minimum Gasteiger partial charge on any atom is -0.480 e. The van der Waals surface area contributed by atoms with Crippen molar-refractivity contribution in [2.24, 2.45) is 5.92 Å². The lowest BCUT2D eigenvalue weighted by molar-refractivity contribution is -0.125. The molecule has 2 atom stereocenters. The fraction of sp³-hybridized carbons (Fsp3) is 0.346. The van der Waals surface area contributed by atoms with E-state index in [0.717, 1.165) is 11.1 Å². The van der Waals surface area contributed by atoms with Crippen molar-refractivity contribution in [1.29, 1.82) is 0 Å². The number of carbonyl (C=O) groups is 2. The van der Waals surface area contributed by atoms with Gasteiger partial charge in [0.25, 0.3) is 0 Å². The Hall–Kier alpha value is -4.05. The second-order valence-corrected chi connectivity index (χ2v) is 8.28. The average molecular weight is 493 g/mol. The lowest BCUT2D eigenvalue weighted by Gasteiger charge is -2.29. The van der Waals surface area contributed by atoms with Gasteiger partial charge in [0, 0.05) is 24.8 Å². The molecule has 3 aromatic rings. The monoisotopic (exact) mass is 492 g/mol. The van der Waals surface area contributed by atoms with E-state index in [4.69, 9.17) is 18.9 Å². The predicted octanol–water partition coefficient (Wildman–Crippen LogP) is 3.66. The van der Waals surface area contributed by atoms with Crippen LogP contribution in [-0.2, 0) is 20.9 Å². The molecule has 10 heteroatoms. The number of esters is 1. The number of anilines is 1. The summed E-state index contributed by atoms with van der Waals surface area (Å²) in [6.07, 6.45) is 2.39. The van der Waals surface area contributed by atoms with E-state index in [1.165, 1.54) is 14.2 Å². The fourth-order valence-corrected chi connectivity index (χ4v) is 3.91. The van der Waals surface area contributed by atoms with Crippen LogP contribution in [0.15, 0.2) is 48.7 Å². The molecule has 1 aromatic carbocycles. The van der Waals surface area contributed by atoms with Gasteiger partial charge < -0.3 is 24.3 Å². The van der Waals surface area contributed by atoms with Crippen molar-refractivity contribution in [3.05, 3.63) is 71.2 Å². The molecule has 0 saturated carbocycles. The molecule has 0 aliphatic carbocycles. The smallest absolute Gasteiger partial charge is 0.360 e. The van der Waals surface area contributed by atoms with E-state index in [1.54, 1.807) is 19.2 Å². The summed E-state index contributed by atoms with van der Waals surface area (Å²) in [4.78, 5) is 38.1. The summed E-state index contributed by atoms with van der Waals surface area (Å²) >= 11 is 0. The van der Waals surface area contributed by atoms with Crippen molar-refractivity contribution >= 4 is 17.7 Å². The van der Waals surface area contributed by atoms with E-state index in [-0.39, 0.29) is 35.3 Å². The van der Waals surface area contributed by atoms with Crippen LogP contribution in [0.2, 0.25) is 0 Å². The molecule has 4 rings (SSSR count). The van der Waals surface area contributed by atoms with E-state index in [9.17, 15) is 9.59 Å². The molecule has 1 amide bonds. The average Bonchev–Trinajstić information content (AvgIpc) is 2.92. The molecule has 1 aliphatic heterocycles. The first-order valence-corrected chi connectivity index (χ1v) is 11.5. The largest absolute Gasteiger partial charge is 0.480 e. The molecular formula is C26H28N4O6. The van der Waals surface area contributed by atoms with Gasteiger partial charge >= 0.3 is 5.97 Å². The zero-order chi connectivity index (χ0) is 25.5. The predicted molar refractivity (Wildman–Crippen MR) is 130 cm³/mol. The maximum atomic E-state index is 13.1. The number of ether oxygens (including phenoxy) is 4. The van der Waals surface area contributed by atoms with Crippen LogP contribution in [0.4, 0.5) is 5.82 Å². The van der Waals surface area contributed by atoms with E-state index < -0.39 is 5.97 Å². The first kappa shape index (κ1) is 25.1. The van der Waals surface area contributed by atoms with E-state index in [0.29, 0.717) is 37.6 Å². The molecule has 2 aromatic heterocycles. The Morgan fingerprint density at radius 3 is 2.61 bits per heavy atom. The number of hydrogen-bond donors (Lipinski definition) is 1. The summed E-state index contributed by atoms with van der Waals surface area (Å²) in [6.45, 7) is 2.51. The van der Waals surface area contributed by atoms with Crippen LogP contribution in [0, 0.1) is 12.8 Å². The molecule has 36 heavy (non-hydrogen) atoms. The highest BCUT2D eigenvalue weighted by atomic mass is 16.5. The van der Waals surface area contributed by atoms with Crippen LogP contribution in [0.25, 0.3) is 0 Å². The number of nitrogens with zero attached hydrogens (tertiary/aromatic N) is 3. The number of aromatic nitrogens is 3.